The van der Waals surface area contributed by atoms with Crippen molar-refractivity contribution in [1.82, 2.24) is 9.88 Å². The van der Waals surface area contributed by atoms with Gasteiger partial charge in [-0.2, -0.15) is 13.2 Å². The quantitative estimate of drug-likeness (QED) is 0.316. The fraction of sp³-hybridized carbons (Fsp3) is 0.483. The second-order valence-electron chi connectivity index (χ2n) is 9.94. The van der Waals surface area contributed by atoms with Gasteiger partial charge in [-0.25, -0.2) is 0 Å². The molecule has 8 heteroatoms. The lowest BCUT2D eigenvalue weighted by Gasteiger charge is -2.36. The third-order valence-corrected chi connectivity index (χ3v) is 7.41. The number of piperazine rings is 1. The summed E-state index contributed by atoms with van der Waals surface area (Å²) >= 11 is 0. The molecule has 37 heavy (non-hydrogen) atoms. The minimum atomic E-state index is -4.33. The standard InChI is InChI=1S/C29H37F3N4O/c1-3-5-7-21(4-2)28(37)34-24-10-11-27-26(19-24)22(20-33-27)12-13-35-14-16-36(17-15-35)25-9-6-8-23(18-25)29(30,31)32/h6,8-11,18-21,33H,3-5,7,12-17H2,1-2H3,(H,34,37)/t21-/m1/s1. The van der Waals surface area contributed by atoms with Crippen LogP contribution in [0, 0.1) is 5.92 Å². The van der Waals surface area contributed by atoms with Gasteiger partial charge in [0, 0.05) is 67.1 Å². The first kappa shape index (κ1) is 27.0. The number of aromatic nitrogens is 1. The Bertz CT molecular complexity index is 1180. The molecule has 0 unspecified atom stereocenters. The van der Waals surface area contributed by atoms with Crippen molar-refractivity contribution < 1.29 is 18.0 Å². The van der Waals surface area contributed by atoms with Crippen LogP contribution in [0.5, 0.6) is 0 Å². The maximum Gasteiger partial charge on any atom is 0.416 e. The molecule has 0 spiro atoms. The smallest absolute Gasteiger partial charge is 0.369 e. The van der Waals surface area contributed by atoms with Crippen molar-refractivity contribution in [2.75, 3.05) is 42.9 Å². The van der Waals surface area contributed by atoms with E-state index in [-0.39, 0.29) is 11.8 Å². The van der Waals surface area contributed by atoms with Crippen LogP contribution in [0.25, 0.3) is 10.9 Å². The normalized spacial score (nSPS) is 15.8. The zero-order valence-electron chi connectivity index (χ0n) is 21.7. The summed E-state index contributed by atoms with van der Waals surface area (Å²) in [5.41, 5.74) is 3.09. The molecule has 1 aliphatic rings. The van der Waals surface area contributed by atoms with Crippen molar-refractivity contribution >= 4 is 28.2 Å². The van der Waals surface area contributed by atoms with Gasteiger partial charge in [-0.3, -0.25) is 9.69 Å². The third-order valence-electron chi connectivity index (χ3n) is 7.41. The fourth-order valence-corrected chi connectivity index (χ4v) is 5.07. The SMILES string of the molecule is CCCC[C@@H](CC)C(=O)Nc1ccc2[nH]cc(CCN3CCN(c4cccc(C(F)(F)F)c4)CC3)c2c1. The average molecular weight is 515 g/mol. The van der Waals surface area contributed by atoms with Crippen molar-refractivity contribution in [3.8, 4) is 0 Å². The number of carbonyl (C=O) groups excluding carboxylic acids is 1. The van der Waals surface area contributed by atoms with Crippen molar-refractivity contribution in [2.24, 2.45) is 5.92 Å². The molecule has 1 aromatic heterocycles. The molecule has 1 aliphatic heterocycles. The molecule has 1 amide bonds. The minimum Gasteiger partial charge on any atom is -0.369 e. The highest BCUT2D eigenvalue weighted by Crippen LogP contribution is 2.32. The van der Waals surface area contributed by atoms with Gasteiger partial charge in [0.15, 0.2) is 0 Å². The summed E-state index contributed by atoms with van der Waals surface area (Å²) in [6, 6.07) is 11.6. The number of alkyl halides is 3. The highest BCUT2D eigenvalue weighted by molar-refractivity contribution is 5.95. The van der Waals surface area contributed by atoms with E-state index in [0.29, 0.717) is 18.8 Å². The number of unbranched alkanes of at least 4 members (excludes halogenated alkanes) is 1. The second kappa shape index (κ2) is 12.0. The number of nitrogens with one attached hydrogen (secondary N) is 2. The van der Waals surface area contributed by atoms with Crippen LogP contribution in [0.1, 0.15) is 50.7 Å². The molecule has 3 aromatic rings. The molecule has 4 rings (SSSR count). The number of benzene rings is 2. The van der Waals surface area contributed by atoms with Crippen LogP contribution in [0.3, 0.4) is 0 Å². The van der Waals surface area contributed by atoms with Crippen molar-refractivity contribution in [2.45, 2.75) is 52.1 Å². The van der Waals surface area contributed by atoms with E-state index in [4.69, 9.17) is 0 Å². The van der Waals surface area contributed by atoms with Crippen molar-refractivity contribution in [3.05, 3.63) is 59.8 Å². The van der Waals surface area contributed by atoms with E-state index >= 15 is 0 Å². The van der Waals surface area contributed by atoms with E-state index in [2.05, 4.69) is 35.1 Å². The number of amides is 1. The number of aromatic amines is 1. The van der Waals surface area contributed by atoms with Crippen LogP contribution in [-0.2, 0) is 17.4 Å². The minimum absolute atomic E-state index is 0.0379. The molecule has 2 aromatic carbocycles. The molecule has 1 atom stereocenters. The number of fused-ring (bicyclic) bond motifs is 1. The van der Waals surface area contributed by atoms with Crippen LogP contribution in [0.15, 0.2) is 48.7 Å². The Balaban J connectivity index is 1.33. The van der Waals surface area contributed by atoms with Crippen molar-refractivity contribution in [1.29, 1.82) is 0 Å². The second-order valence-corrected chi connectivity index (χ2v) is 9.94. The van der Waals surface area contributed by atoms with E-state index in [1.807, 2.05) is 23.2 Å². The topological polar surface area (TPSA) is 51.4 Å². The Hall–Kier alpha value is -3.00. The summed E-state index contributed by atoms with van der Waals surface area (Å²) < 4.78 is 39.2. The largest absolute Gasteiger partial charge is 0.416 e. The molecule has 0 saturated carbocycles. The van der Waals surface area contributed by atoms with E-state index in [1.165, 1.54) is 17.7 Å². The Morgan fingerprint density at radius 3 is 2.57 bits per heavy atom. The first-order chi connectivity index (χ1) is 17.8. The Kier molecular flexibility index (Phi) is 8.79. The molecule has 5 nitrogen and oxygen atoms in total. The maximum atomic E-state index is 13.1. The zero-order valence-corrected chi connectivity index (χ0v) is 21.7. The summed E-state index contributed by atoms with van der Waals surface area (Å²) in [4.78, 5) is 20.5. The molecule has 200 valence electrons. The number of H-pyrrole nitrogens is 1. The van der Waals surface area contributed by atoms with E-state index in [9.17, 15) is 18.0 Å². The highest BCUT2D eigenvalue weighted by Gasteiger charge is 2.31. The zero-order chi connectivity index (χ0) is 26.4. The van der Waals surface area contributed by atoms with Crippen LogP contribution in [-0.4, -0.2) is 48.5 Å². The monoisotopic (exact) mass is 514 g/mol. The summed E-state index contributed by atoms with van der Waals surface area (Å²) in [6.45, 7) is 8.07. The lowest BCUT2D eigenvalue weighted by molar-refractivity contribution is -0.137. The summed E-state index contributed by atoms with van der Waals surface area (Å²) in [5.74, 6) is 0.127. The predicted molar refractivity (Wildman–Crippen MR) is 144 cm³/mol. The Labute approximate surface area is 217 Å². The summed E-state index contributed by atoms with van der Waals surface area (Å²) in [7, 11) is 0. The van der Waals surface area contributed by atoms with Crippen LogP contribution < -0.4 is 10.2 Å². The number of nitrogens with zero attached hydrogens (tertiary/aromatic N) is 2. The number of anilines is 2. The molecule has 1 saturated heterocycles. The average Bonchev–Trinajstić information content (AvgIpc) is 3.30. The van der Waals surface area contributed by atoms with Crippen LogP contribution >= 0.6 is 0 Å². The number of halogens is 3. The van der Waals surface area contributed by atoms with Gasteiger partial charge in [-0.1, -0.05) is 32.8 Å². The number of rotatable bonds is 10. The Morgan fingerprint density at radius 1 is 1.08 bits per heavy atom. The lowest BCUT2D eigenvalue weighted by atomic mass is 9.98. The van der Waals surface area contributed by atoms with Gasteiger partial charge < -0.3 is 15.2 Å². The summed E-state index contributed by atoms with van der Waals surface area (Å²) in [6.07, 6.45) is 2.46. The van der Waals surface area contributed by atoms with Gasteiger partial charge >= 0.3 is 6.18 Å². The van der Waals surface area contributed by atoms with E-state index < -0.39 is 11.7 Å². The van der Waals surface area contributed by atoms with E-state index in [1.54, 1.807) is 6.07 Å². The molecule has 2 N–H and O–H groups in total. The summed E-state index contributed by atoms with van der Waals surface area (Å²) in [5, 5.41) is 4.22. The van der Waals surface area contributed by atoms with Gasteiger partial charge in [0.2, 0.25) is 5.91 Å². The van der Waals surface area contributed by atoms with Gasteiger partial charge in [-0.15, -0.1) is 0 Å². The molecule has 1 fully saturated rings. The molecule has 0 aliphatic carbocycles. The van der Waals surface area contributed by atoms with Gasteiger partial charge in [0.1, 0.15) is 0 Å². The lowest BCUT2D eigenvalue weighted by Crippen LogP contribution is -2.47. The third kappa shape index (κ3) is 6.86. The fourth-order valence-electron chi connectivity index (χ4n) is 5.07. The molecule has 2 heterocycles. The predicted octanol–water partition coefficient (Wildman–Crippen LogP) is 6.71. The highest BCUT2D eigenvalue weighted by atomic mass is 19.4. The number of hydrogen-bond donors (Lipinski definition) is 2. The molecule has 0 radical (unpaired) electrons. The number of hydrogen-bond acceptors (Lipinski definition) is 3. The van der Waals surface area contributed by atoms with Crippen LogP contribution in [0.2, 0.25) is 0 Å². The van der Waals surface area contributed by atoms with Gasteiger partial charge in [-0.05, 0) is 61.2 Å². The van der Waals surface area contributed by atoms with Gasteiger partial charge in [0.25, 0.3) is 0 Å². The van der Waals surface area contributed by atoms with Crippen molar-refractivity contribution in [3.63, 3.8) is 0 Å². The van der Waals surface area contributed by atoms with Gasteiger partial charge in [0.05, 0.1) is 5.56 Å². The molecule has 0 bridgehead atoms. The van der Waals surface area contributed by atoms with Crippen LogP contribution in [0.4, 0.5) is 24.5 Å². The first-order valence-electron chi connectivity index (χ1n) is 13.3. The van der Waals surface area contributed by atoms with E-state index in [0.717, 1.165) is 74.4 Å². The maximum absolute atomic E-state index is 13.1. The first-order valence-corrected chi connectivity index (χ1v) is 13.3. The molecular formula is C29H37F3N4O. The molecular weight excluding hydrogens is 477 g/mol. The number of carbonyl (C=O) groups is 1. The Morgan fingerprint density at radius 2 is 1.86 bits per heavy atom.